The van der Waals surface area contributed by atoms with E-state index in [9.17, 15) is 4.79 Å². The first-order chi connectivity index (χ1) is 8.67. The van der Waals surface area contributed by atoms with E-state index in [-0.39, 0.29) is 6.42 Å². The Labute approximate surface area is 105 Å². The van der Waals surface area contributed by atoms with E-state index in [1.165, 1.54) is 0 Å². The van der Waals surface area contributed by atoms with E-state index in [0.717, 1.165) is 31.6 Å². The van der Waals surface area contributed by atoms with Crippen LogP contribution in [0, 0.1) is 11.3 Å². The van der Waals surface area contributed by atoms with Gasteiger partial charge in [-0.15, -0.1) is 0 Å². The second-order valence-corrected chi connectivity index (χ2v) is 4.33. The monoisotopic (exact) mass is 245 g/mol. The molecule has 0 bridgehead atoms. The summed E-state index contributed by atoms with van der Waals surface area (Å²) in [6.45, 7) is 2.84. The first-order valence-corrected chi connectivity index (χ1v) is 6.08. The van der Waals surface area contributed by atoms with Crippen molar-refractivity contribution in [3.8, 4) is 6.07 Å². The van der Waals surface area contributed by atoms with E-state index in [1.807, 2.05) is 10.6 Å². The molecule has 94 valence electrons. The summed E-state index contributed by atoms with van der Waals surface area (Å²) in [6.07, 6.45) is 4.43. The fraction of sp³-hybridized carbons (Fsp3) is 0.462. The van der Waals surface area contributed by atoms with Crippen molar-refractivity contribution in [3.05, 3.63) is 23.3 Å². The van der Waals surface area contributed by atoms with E-state index >= 15 is 0 Å². The summed E-state index contributed by atoms with van der Waals surface area (Å²) < 4.78 is 2.00. The number of aromatic nitrogens is 2. The Morgan fingerprint density at radius 3 is 3.06 bits per heavy atom. The van der Waals surface area contributed by atoms with Crippen molar-refractivity contribution >= 4 is 11.5 Å². The molecule has 1 aromatic heterocycles. The van der Waals surface area contributed by atoms with Gasteiger partial charge in [0.2, 0.25) is 0 Å². The molecule has 0 saturated heterocycles. The number of carbonyl (C=O) groups is 1. The summed E-state index contributed by atoms with van der Waals surface area (Å²) in [6, 6.07) is 2.07. The third-order valence-electron chi connectivity index (χ3n) is 3.02. The molecule has 1 aliphatic rings. The molecular weight excluding hydrogens is 230 g/mol. The molecular formula is C13H15N3O2. The van der Waals surface area contributed by atoms with Crippen LogP contribution in [0.15, 0.2) is 6.08 Å². The van der Waals surface area contributed by atoms with Crippen LogP contribution in [0.2, 0.25) is 0 Å². The lowest BCUT2D eigenvalue weighted by atomic mass is 10.0. The number of carboxylic acid groups (broad SMARTS) is 1. The van der Waals surface area contributed by atoms with Crippen molar-refractivity contribution in [2.24, 2.45) is 0 Å². The summed E-state index contributed by atoms with van der Waals surface area (Å²) in [5, 5.41) is 18.0. The Hall–Kier alpha value is -2.09. The van der Waals surface area contributed by atoms with Crippen molar-refractivity contribution < 1.29 is 9.90 Å². The van der Waals surface area contributed by atoms with Gasteiger partial charge in [0.15, 0.2) is 5.69 Å². The molecule has 0 atom stereocenters. The number of carboxylic acids is 1. The van der Waals surface area contributed by atoms with Gasteiger partial charge in [-0.1, -0.05) is 13.0 Å². The van der Waals surface area contributed by atoms with Gasteiger partial charge in [0.25, 0.3) is 0 Å². The minimum Gasteiger partial charge on any atom is -0.481 e. The van der Waals surface area contributed by atoms with Gasteiger partial charge in [0.1, 0.15) is 11.9 Å². The summed E-state index contributed by atoms with van der Waals surface area (Å²) in [5.74, 6) is 0.0110. The number of rotatable bonds is 4. The Morgan fingerprint density at radius 1 is 1.67 bits per heavy atom. The number of allylic oxidation sites excluding steroid dienone is 1. The quantitative estimate of drug-likeness (QED) is 0.879. The lowest BCUT2D eigenvalue weighted by Gasteiger charge is -2.17. The number of hydrogen-bond donors (Lipinski definition) is 1. The van der Waals surface area contributed by atoms with Crippen LogP contribution in [0.1, 0.15) is 43.4 Å². The number of fused-ring (bicyclic) bond motifs is 1. The molecule has 1 aromatic rings. The van der Waals surface area contributed by atoms with Crippen molar-refractivity contribution in [1.82, 2.24) is 9.55 Å². The second-order valence-electron chi connectivity index (χ2n) is 4.33. The first kappa shape index (κ1) is 12.4. The Bertz CT molecular complexity index is 549. The third-order valence-corrected chi connectivity index (χ3v) is 3.02. The third kappa shape index (κ3) is 2.14. The molecule has 2 rings (SSSR count). The molecule has 5 nitrogen and oxygen atoms in total. The second kappa shape index (κ2) is 5.05. The normalized spacial score (nSPS) is 13.7. The predicted octanol–water partition coefficient (Wildman–Crippen LogP) is 1.97. The van der Waals surface area contributed by atoms with E-state index < -0.39 is 5.97 Å². The highest BCUT2D eigenvalue weighted by atomic mass is 16.4. The number of hydrogen-bond acceptors (Lipinski definition) is 3. The average molecular weight is 245 g/mol. The van der Waals surface area contributed by atoms with Crippen LogP contribution in [-0.4, -0.2) is 20.6 Å². The zero-order valence-electron chi connectivity index (χ0n) is 10.3. The molecule has 1 N–H and O–H groups in total. The molecule has 1 aliphatic heterocycles. The first-order valence-electron chi connectivity index (χ1n) is 6.08. The lowest BCUT2D eigenvalue weighted by molar-refractivity contribution is -0.135. The van der Waals surface area contributed by atoms with E-state index in [4.69, 9.17) is 10.4 Å². The number of aryl methyl sites for hydroxylation is 1. The molecule has 0 aliphatic carbocycles. The summed E-state index contributed by atoms with van der Waals surface area (Å²) >= 11 is 0. The summed E-state index contributed by atoms with van der Waals surface area (Å²) in [7, 11) is 0. The van der Waals surface area contributed by atoms with Crippen molar-refractivity contribution in [2.45, 2.75) is 39.2 Å². The van der Waals surface area contributed by atoms with Crippen molar-refractivity contribution in [2.75, 3.05) is 0 Å². The summed E-state index contributed by atoms with van der Waals surface area (Å²) in [5.41, 5.74) is 1.76. The molecule has 2 heterocycles. The largest absolute Gasteiger partial charge is 0.481 e. The zero-order valence-corrected chi connectivity index (χ0v) is 10.3. The SMILES string of the molecule is CCCc1nc(C#N)c2n1CCC=C2CC(=O)O. The van der Waals surface area contributed by atoms with Gasteiger partial charge in [-0.05, 0) is 18.4 Å². The smallest absolute Gasteiger partial charge is 0.307 e. The molecule has 0 amide bonds. The van der Waals surface area contributed by atoms with E-state index in [1.54, 1.807) is 0 Å². The molecule has 0 aromatic carbocycles. The standard InChI is InChI=1S/C13H15N3O2/c1-2-4-11-15-10(8-14)13-9(7-12(17)18)5-3-6-16(11)13/h5H,2-4,6-7H2,1H3,(H,17,18). The van der Waals surface area contributed by atoms with Gasteiger partial charge < -0.3 is 9.67 Å². The highest BCUT2D eigenvalue weighted by Gasteiger charge is 2.23. The van der Waals surface area contributed by atoms with Crippen molar-refractivity contribution in [3.63, 3.8) is 0 Å². The molecule has 18 heavy (non-hydrogen) atoms. The van der Waals surface area contributed by atoms with Crippen LogP contribution in [0.4, 0.5) is 0 Å². The summed E-state index contributed by atoms with van der Waals surface area (Å²) in [4.78, 5) is 15.2. The van der Waals surface area contributed by atoms with Crippen LogP contribution < -0.4 is 0 Å². The lowest BCUT2D eigenvalue weighted by Crippen LogP contribution is -2.13. The molecule has 0 spiro atoms. The molecule has 0 radical (unpaired) electrons. The molecule has 5 heteroatoms. The van der Waals surface area contributed by atoms with E-state index in [2.05, 4.69) is 18.0 Å². The fourth-order valence-electron chi connectivity index (χ4n) is 2.34. The topological polar surface area (TPSA) is 78.9 Å². The number of aliphatic carboxylic acids is 1. The maximum absolute atomic E-state index is 10.9. The predicted molar refractivity (Wildman–Crippen MR) is 65.8 cm³/mol. The average Bonchev–Trinajstić information content (AvgIpc) is 2.69. The van der Waals surface area contributed by atoms with Gasteiger partial charge >= 0.3 is 5.97 Å². The van der Waals surface area contributed by atoms with Gasteiger partial charge in [0.05, 0.1) is 12.1 Å². The van der Waals surface area contributed by atoms with Crippen LogP contribution >= 0.6 is 0 Å². The van der Waals surface area contributed by atoms with Gasteiger partial charge in [-0.25, -0.2) is 4.98 Å². The highest BCUT2D eigenvalue weighted by molar-refractivity contribution is 5.84. The van der Waals surface area contributed by atoms with Crippen LogP contribution in [0.5, 0.6) is 0 Å². The van der Waals surface area contributed by atoms with Crippen molar-refractivity contribution in [1.29, 1.82) is 5.26 Å². The molecule has 0 fully saturated rings. The Kier molecular flexibility index (Phi) is 3.47. The highest BCUT2D eigenvalue weighted by Crippen LogP contribution is 2.28. The Balaban J connectivity index is 2.48. The van der Waals surface area contributed by atoms with E-state index in [0.29, 0.717) is 17.0 Å². The zero-order chi connectivity index (χ0) is 13.1. The number of nitriles is 1. The maximum Gasteiger partial charge on any atom is 0.307 e. The fourth-order valence-corrected chi connectivity index (χ4v) is 2.34. The maximum atomic E-state index is 10.9. The van der Waals surface area contributed by atoms with Crippen LogP contribution in [-0.2, 0) is 17.8 Å². The number of imidazole rings is 1. The van der Waals surface area contributed by atoms with Gasteiger partial charge in [-0.2, -0.15) is 5.26 Å². The van der Waals surface area contributed by atoms with Crippen LogP contribution in [0.3, 0.4) is 0 Å². The molecule has 0 saturated carbocycles. The van der Waals surface area contributed by atoms with Gasteiger partial charge in [-0.3, -0.25) is 4.79 Å². The Morgan fingerprint density at radius 2 is 2.44 bits per heavy atom. The molecule has 0 unspecified atom stereocenters. The number of nitrogens with zero attached hydrogens (tertiary/aromatic N) is 3. The van der Waals surface area contributed by atoms with Gasteiger partial charge in [0, 0.05) is 13.0 Å². The van der Waals surface area contributed by atoms with Crippen LogP contribution in [0.25, 0.3) is 5.57 Å². The minimum atomic E-state index is -0.878. The minimum absolute atomic E-state index is 0.0497.